The molecule has 1 aliphatic heterocycles. The van der Waals surface area contributed by atoms with Crippen LogP contribution in [0.5, 0.6) is 5.75 Å². The largest absolute Gasteiger partial charge is 0.494 e. The van der Waals surface area contributed by atoms with Gasteiger partial charge in [-0.1, -0.05) is 6.92 Å². The maximum Gasteiger partial charge on any atom is 0.251 e. The Kier molecular flexibility index (Phi) is 4.96. The number of nitrogens with zero attached hydrogens (tertiary/aromatic N) is 1. The molecule has 1 heterocycles. The molecule has 0 radical (unpaired) electrons. The summed E-state index contributed by atoms with van der Waals surface area (Å²) in [6, 6.07) is 6.83. The van der Waals surface area contributed by atoms with Crippen LogP contribution < -0.4 is 15.0 Å². The normalized spacial score (nSPS) is 20.0. The monoisotopic (exact) mass is 290 g/mol. The molecule has 5 nitrogen and oxygen atoms in total. The number of benzene rings is 1. The van der Waals surface area contributed by atoms with Crippen molar-refractivity contribution in [2.45, 2.75) is 45.7 Å². The van der Waals surface area contributed by atoms with E-state index in [-0.39, 0.29) is 24.3 Å². The van der Waals surface area contributed by atoms with Gasteiger partial charge in [0, 0.05) is 6.04 Å². The maximum absolute atomic E-state index is 12.4. The van der Waals surface area contributed by atoms with E-state index in [9.17, 15) is 9.59 Å². The van der Waals surface area contributed by atoms with Crippen molar-refractivity contribution in [1.82, 2.24) is 5.32 Å². The summed E-state index contributed by atoms with van der Waals surface area (Å²) in [6.07, 6.45) is 1.14. The van der Waals surface area contributed by atoms with Crippen molar-refractivity contribution in [1.29, 1.82) is 0 Å². The van der Waals surface area contributed by atoms with Gasteiger partial charge >= 0.3 is 0 Å². The number of ether oxygens (including phenoxy) is 1. The number of rotatable bonds is 6. The number of carbonyl (C=O) groups excluding carboxylic acids is 2. The minimum Gasteiger partial charge on any atom is -0.494 e. The van der Waals surface area contributed by atoms with Crippen LogP contribution in [0.3, 0.4) is 0 Å². The number of nitrogens with one attached hydrogen (secondary N) is 1. The van der Waals surface area contributed by atoms with Crippen molar-refractivity contribution in [2.24, 2.45) is 0 Å². The highest BCUT2D eigenvalue weighted by molar-refractivity contribution is 6.22. The molecule has 114 valence electrons. The Bertz CT molecular complexity index is 513. The molecule has 5 heteroatoms. The number of imide groups is 1. The molecular weight excluding hydrogens is 268 g/mol. The first kappa shape index (κ1) is 15.5. The SMILES string of the molecule is CCOc1ccc(N2C(=O)CC(NC(C)CC)C2=O)cc1. The predicted molar refractivity (Wildman–Crippen MR) is 81.4 cm³/mol. The van der Waals surface area contributed by atoms with Crippen molar-refractivity contribution in [3.63, 3.8) is 0 Å². The van der Waals surface area contributed by atoms with Crippen molar-refractivity contribution >= 4 is 17.5 Å². The fraction of sp³-hybridized carbons (Fsp3) is 0.500. The van der Waals surface area contributed by atoms with Crippen LogP contribution in [0.2, 0.25) is 0 Å². The van der Waals surface area contributed by atoms with Gasteiger partial charge in [0.25, 0.3) is 5.91 Å². The number of hydrogen-bond donors (Lipinski definition) is 1. The summed E-state index contributed by atoms with van der Waals surface area (Å²) in [5.74, 6) is 0.393. The van der Waals surface area contributed by atoms with Gasteiger partial charge in [-0.05, 0) is 44.5 Å². The molecule has 0 aromatic heterocycles. The van der Waals surface area contributed by atoms with Gasteiger partial charge in [0.05, 0.1) is 24.8 Å². The Morgan fingerprint density at radius 2 is 1.95 bits per heavy atom. The van der Waals surface area contributed by atoms with E-state index in [1.165, 1.54) is 4.90 Å². The smallest absolute Gasteiger partial charge is 0.251 e. The van der Waals surface area contributed by atoms with Crippen molar-refractivity contribution < 1.29 is 14.3 Å². The lowest BCUT2D eigenvalue weighted by Gasteiger charge is -2.18. The van der Waals surface area contributed by atoms with Crippen LogP contribution in [-0.2, 0) is 9.59 Å². The minimum absolute atomic E-state index is 0.162. The van der Waals surface area contributed by atoms with Crippen molar-refractivity contribution in [2.75, 3.05) is 11.5 Å². The molecule has 1 fully saturated rings. The quantitative estimate of drug-likeness (QED) is 0.815. The third-order valence-electron chi connectivity index (χ3n) is 3.65. The van der Waals surface area contributed by atoms with Gasteiger partial charge in [0.1, 0.15) is 5.75 Å². The molecular formula is C16H22N2O3. The van der Waals surface area contributed by atoms with E-state index in [0.717, 1.165) is 12.2 Å². The lowest BCUT2D eigenvalue weighted by molar-refractivity contribution is -0.121. The molecule has 1 saturated heterocycles. The minimum atomic E-state index is -0.418. The van der Waals surface area contributed by atoms with Gasteiger partial charge in [-0.25, -0.2) is 4.90 Å². The average Bonchev–Trinajstić information content (AvgIpc) is 2.75. The van der Waals surface area contributed by atoms with Crippen LogP contribution >= 0.6 is 0 Å². The van der Waals surface area contributed by atoms with E-state index in [4.69, 9.17) is 4.74 Å². The zero-order chi connectivity index (χ0) is 15.4. The molecule has 2 unspecified atom stereocenters. The first-order valence-corrected chi connectivity index (χ1v) is 7.42. The molecule has 1 aromatic carbocycles. The molecule has 2 atom stereocenters. The first-order chi connectivity index (χ1) is 10.1. The second-order valence-corrected chi connectivity index (χ2v) is 5.23. The Hall–Kier alpha value is -1.88. The molecule has 1 aliphatic rings. The topological polar surface area (TPSA) is 58.6 Å². The number of hydrogen-bond acceptors (Lipinski definition) is 4. The lowest BCUT2D eigenvalue weighted by Crippen LogP contribution is -2.42. The first-order valence-electron chi connectivity index (χ1n) is 7.42. The highest BCUT2D eigenvalue weighted by atomic mass is 16.5. The van der Waals surface area contributed by atoms with Gasteiger partial charge in [0.2, 0.25) is 5.91 Å². The van der Waals surface area contributed by atoms with Crippen LogP contribution in [0, 0.1) is 0 Å². The Morgan fingerprint density at radius 3 is 2.52 bits per heavy atom. The summed E-state index contributed by atoms with van der Waals surface area (Å²) in [5, 5.41) is 3.20. The summed E-state index contributed by atoms with van der Waals surface area (Å²) >= 11 is 0. The van der Waals surface area contributed by atoms with Gasteiger partial charge in [-0.2, -0.15) is 0 Å². The van der Waals surface area contributed by atoms with Crippen LogP contribution in [0.1, 0.15) is 33.6 Å². The number of carbonyl (C=O) groups is 2. The molecule has 21 heavy (non-hydrogen) atoms. The molecule has 0 aliphatic carbocycles. The highest BCUT2D eigenvalue weighted by Gasteiger charge is 2.39. The Balaban J connectivity index is 2.12. The van der Waals surface area contributed by atoms with Gasteiger partial charge in [-0.3, -0.25) is 9.59 Å². The van der Waals surface area contributed by atoms with Crippen LogP contribution in [-0.4, -0.2) is 30.5 Å². The Labute approximate surface area is 125 Å². The fourth-order valence-electron chi connectivity index (χ4n) is 2.35. The molecule has 1 N–H and O–H groups in total. The van der Waals surface area contributed by atoms with E-state index in [1.807, 2.05) is 20.8 Å². The van der Waals surface area contributed by atoms with Crippen LogP contribution in [0.25, 0.3) is 0 Å². The average molecular weight is 290 g/mol. The molecule has 0 spiro atoms. The van der Waals surface area contributed by atoms with Gasteiger partial charge in [0.15, 0.2) is 0 Å². The number of anilines is 1. The predicted octanol–water partition coefficient (Wildman–Crippen LogP) is 2.11. The van der Waals surface area contributed by atoms with E-state index in [0.29, 0.717) is 12.3 Å². The third-order valence-corrected chi connectivity index (χ3v) is 3.65. The van der Waals surface area contributed by atoms with E-state index >= 15 is 0 Å². The van der Waals surface area contributed by atoms with Crippen molar-refractivity contribution in [3.8, 4) is 5.75 Å². The molecule has 0 bridgehead atoms. The third kappa shape index (κ3) is 3.42. The Morgan fingerprint density at radius 1 is 1.29 bits per heavy atom. The van der Waals surface area contributed by atoms with Crippen LogP contribution in [0.15, 0.2) is 24.3 Å². The van der Waals surface area contributed by atoms with Gasteiger partial charge in [-0.15, -0.1) is 0 Å². The fourth-order valence-corrected chi connectivity index (χ4v) is 2.35. The molecule has 1 aromatic rings. The molecule has 0 saturated carbocycles. The highest BCUT2D eigenvalue weighted by Crippen LogP contribution is 2.25. The summed E-state index contributed by atoms with van der Waals surface area (Å²) in [7, 11) is 0. The van der Waals surface area contributed by atoms with Gasteiger partial charge < -0.3 is 10.1 Å². The second-order valence-electron chi connectivity index (χ2n) is 5.23. The van der Waals surface area contributed by atoms with Crippen molar-refractivity contribution in [3.05, 3.63) is 24.3 Å². The zero-order valence-corrected chi connectivity index (χ0v) is 12.8. The summed E-state index contributed by atoms with van der Waals surface area (Å²) in [4.78, 5) is 25.8. The summed E-state index contributed by atoms with van der Waals surface area (Å²) < 4.78 is 5.36. The summed E-state index contributed by atoms with van der Waals surface area (Å²) in [6.45, 7) is 6.55. The zero-order valence-electron chi connectivity index (χ0n) is 12.8. The van der Waals surface area contributed by atoms with E-state index in [1.54, 1.807) is 24.3 Å². The molecule has 2 amide bonds. The number of amides is 2. The van der Waals surface area contributed by atoms with Crippen LogP contribution in [0.4, 0.5) is 5.69 Å². The standard InChI is InChI=1S/C16H22N2O3/c1-4-11(3)17-14-10-15(19)18(16(14)20)12-6-8-13(9-7-12)21-5-2/h6-9,11,14,17H,4-5,10H2,1-3H3. The maximum atomic E-state index is 12.4. The lowest BCUT2D eigenvalue weighted by atomic mass is 10.2. The van der Waals surface area contributed by atoms with E-state index < -0.39 is 6.04 Å². The van der Waals surface area contributed by atoms with E-state index in [2.05, 4.69) is 5.32 Å². The molecule has 2 rings (SSSR count). The summed E-state index contributed by atoms with van der Waals surface area (Å²) in [5.41, 5.74) is 0.599. The second kappa shape index (κ2) is 6.72.